The average Bonchev–Trinajstić information content (AvgIpc) is 2.85. The van der Waals surface area contributed by atoms with Gasteiger partial charge in [-0.2, -0.15) is 0 Å². The molecule has 3 aromatic carbocycles. The van der Waals surface area contributed by atoms with Gasteiger partial charge in [0.2, 0.25) is 5.88 Å². The second kappa shape index (κ2) is 8.28. The van der Waals surface area contributed by atoms with Crippen LogP contribution >= 0.6 is 0 Å². The predicted octanol–water partition coefficient (Wildman–Crippen LogP) is 6.66. The zero-order valence-corrected chi connectivity index (χ0v) is 16.9. The quantitative estimate of drug-likeness (QED) is 0.235. The van der Waals surface area contributed by atoms with E-state index in [1.165, 1.54) is 12.1 Å². The van der Waals surface area contributed by atoms with Crippen LogP contribution in [0.5, 0.6) is 11.6 Å². The summed E-state index contributed by atoms with van der Waals surface area (Å²) in [5.74, 6) is 0.852. The van der Waals surface area contributed by atoms with Gasteiger partial charge in [0.25, 0.3) is 5.69 Å². The van der Waals surface area contributed by atoms with E-state index in [1.54, 1.807) is 18.3 Å². The number of nitro groups is 1. The molecule has 32 heavy (non-hydrogen) atoms. The van der Waals surface area contributed by atoms with E-state index in [0.29, 0.717) is 11.6 Å². The van der Waals surface area contributed by atoms with E-state index in [-0.39, 0.29) is 5.69 Å². The molecule has 6 nitrogen and oxygen atoms in total. The molecule has 0 saturated heterocycles. The summed E-state index contributed by atoms with van der Waals surface area (Å²) in [7, 11) is 0. The molecule has 2 heterocycles. The van der Waals surface area contributed by atoms with Crippen molar-refractivity contribution in [2.75, 3.05) is 0 Å². The predicted molar refractivity (Wildman–Crippen MR) is 124 cm³/mol. The van der Waals surface area contributed by atoms with Crippen molar-refractivity contribution in [2.45, 2.75) is 0 Å². The van der Waals surface area contributed by atoms with Gasteiger partial charge in [-0.25, -0.2) is 9.97 Å². The number of fused-ring (bicyclic) bond motifs is 1. The van der Waals surface area contributed by atoms with Gasteiger partial charge in [-0.3, -0.25) is 10.1 Å². The van der Waals surface area contributed by atoms with Gasteiger partial charge in [-0.15, -0.1) is 0 Å². The number of hydrogen-bond acceptors (Lipinski definition) is 5. The van der Waals surface area contributed by atoms with E-state index in [2.05, 4.69) is 4.98 Å². The van der Waals surface area contributed by atoms with E-state index >= 15 is 0 Å². The lowest BCUT2D eigenvalue weighted by molar-refractivity contribution is -0.384. The zero-order chi connectivity index (χ0) is 21.9. The first-order valence-electron chi connectivity index (χ1n) is 10.0. The zero-order valence-electron chi connectivity index (χ0n) is 16.9. The van der Waals surface area contributed by atoms with Crippen molar-refractivity contribution < 1.29 is 9.66 Å². The van der Waals surface area contributed by atoms with E-state index in [9.17, 15) is 10.1 Å². The molecule has 0 amide bonds. The maximum absolute atomic E-state index is 10.9. The molecule has 2 aromatic heterocycles. The van der Waals surface area contributed by atoms with Crippen molar-refractivity contribution in [3.8, 4) is 34.0 Å². The van der Waals surface area contributed by atoms with Crippen LogP contribution in [-0.2, 0) is 0 Å². The topological polar surface area (TPSA) is 78.2 Å². The molecule has 5 aromatic rings. The summed E-state index contributed by atoms with van der Waals surface area (Å²) in [6, 6.07) is 29.9. The highest BCUT2D eigenvalue weighted by atomic mass is 16.6. The monoisotopic (exact) mass is 419 g/mol. The summed E-state index contributed by atoms with van der Waals surface area (Å²) in [5, 5.41) is 11.7. The summed E-state index contributed by atoms with van der Waals surface area (Å²) in [4.78, 5) is 19.8. The fraction of sp³-hybridized carbons (Fsp3) is 0. The second-order valence-electron chi connectivity index (χ2n) is 7.15. The number of nitro benzene ring substituents is 1. The smallest absolute Gasteiger partial charge is 0.269 e. The fourth-order valence-corrected chi connectivity index (χ4v) is 3.55. The van der Waals surface area contributed by atoms with Gasteiger partial charge in [0.05, 0.1) is 21.5 Å². The molecule has 0 unspecified atom stereocenters. The summed E-state index contributed by atoms with van der Waals surface area (Å²) >= 11 is 0. The van der Waals surface area contributed by atoms with Gasteiger partial charge >= 0.3 is 0 Å². The SMILES string of the molecule is O=[N+]([O-])c1ccc(Oc2nccc3nc(-c4ccccc4)c(-c4ccccc4)cc23)cc1. The highest BCUT2D eigenvalue weighted by Gasteiger charge is 2.15. The molecule has 0 aliphatic rings. The number of aromatic nitrogens is 2. The maximum Gasteiger partial charge on any atom is 0.269 e. The molecule has 0 aliphatic heterocycles. The van der Waals surface area contributed by atoms with Crippen LogP contribution in [0.2, 0.25) is 0 Å². The van der Waals surface area contributed by atoms with Crippen molar-refractivity contribution >= 4 is 16.6 Å². The number of nitrogens with zero attached hydrogens (tertiary/aromatic N) is 3. The Labute approximate surface area is 183 Å². The van der Waals surface area contributed by atoms with Crippen molar-refractivity contribution in [3.05, 3.63) is 113 Å². The number of pyridine rings is 2. The third kappa shape index (κ3) is 3.77. The van der Waals surface area contributed by atoms with Gasteiger partial charge in [-0.1, -0.05) is 60.7 Å². The largest absolute Gasteiger partial charge is 0.438 e. The number of rotatable bonds is 5. The maximum atomic E-state index is 10.9. The van der Waals surface area contributed by atoms with E-state index in [1.807, 2.05) is 72.8 Å². The Hall–Kier alpha value is -4.58. The van der Waals surface area contributed by atoms with Gasteiger partial charge in [0, 0.05) is 29.5 Å². The number of ether oxygens (including phenoxy) is 1. The third-order valence-electron chi connectivity index (χ3n) is 5.10. The molecule has 0 fully saturated rings. The first-order valence-corrected chi connectivity index (χ1v) is 10.0. The fourth-order valence-electron chi connectivity index (χ4n) is 3.55. The molecule has 0 spiro atoms. The molecule has 0 N–H and O–H groups in total. The summed E-state index contributed by atoms with van der Waals surface area (Å²) < 4.78 is 5.99. The Morgan fingerprint density at radius 1 is 0.781 bits per heavy atom. The molecule has 6 heteroatoms. The third-order valence-corrected chi connectivity index (χ3v) is 5.10. The van der Waals surface area contributed by atoms with Crippen LogP contribution in [0.25, 0.3) is 33.3 Å². The molecule has 0 bridgehead atoms. The molecule has 0 radical (unpaired) electrons. The average molecular weight is 419 g/mol. The van der Waals surface area contributed by atoms with E-state index in [4.69, 9.17) is 9.72 Å². The molecular formula is C26H17N3O3. The van der Waals surface area contributed by atoms with Crippen LogP contribution in [0.4, 0.5) is 5.69 Å². The molecule has 0 aliphatic carbocycles. The lowest BCUT2D eigenvalue weighted by Gasteiger charge is -2.13. The van der Waals surface area contributed by atoms with Gasteiger partial charge in [0.1, 0.15) is 5.75 Å². The van der Waals surface area contributed by atoms with Crippen LogP contribution in [0.15, 0.2) is 103 Å². The second-order valence-corrected chi connectivity index (χ2v) is 7.15. The minimum Gasteiger partial charge on any atom is -0.438 e. The van der Waals surface area contributed by atoms with Crippen molar-refractivity contribution in [2.24, 2.45) is 0 Å². The van der Waals surface area contributed by atoms with Gasteiger partial charge in [-0.05, 0) is 29.8 Å². The minimum absolute atomic E-state index is 0.00348. The normalized spacial score (nSPS) is 10.8. The Morgan fingerprint density at radius 2 is 1.44 bits per heavy atom. The lowest BCUT2D eigenvalue weighted by Crippen LogP contribution is -1.95. The van der Waals surface area contributed by atoms with E-state index in [0.717, 1.165) is 33.3 Å². The Bertz CT molecular complexity index is 1400. The minimum atomic E-state index is -0.443. The Kier molecular flexibility index (Phi) is 5.01. The molecule has 5 rings (SSSR count). The van der Waals surface area contributed by atoms with Crippen LogP contribution in [0.3, 0.4) is 0 Å². The standard InChI is InChI=1S/C26H17N3O3/c30-29(31)20-11-13-21(14-12-20)32-26-23-17-22(18-7-3-1-4-8-18)25(19-9-5-2-6-10-19)28-24(23)15-16-27-26/h1-17H. The Balaban J connectivity index is 1.66. The summed E-state index contributed by atoms with van der Waals surface area (Å²) in [6.07, 6.45) is 1.65. The van der Waals surface area contributed by atoms with Crippen LogP contribution in [0.1, 0.15) is 0 Å². The number of benzene rings is 3. The van der Waals surface area contributed by atoms with Gasteiger partial charge in [0.15, 0.2) is 0 Å². The molecular weight excluding hydrogens is 402 g/mol. The Morgan fingerprint density at radius 3 is 2.09 bits per heavy atom. The highest BCUT2D eigenvalue weighted by Crippen LogP contribution is 2.36. The van der Waals surface area contributed by atoms with Crippen LogP contribution in [-0.4, -0.2) is 14.9 Å². The summed E-state index contributed by atoms with van der Waals surface area (Å²) in [5.41, 5.74) is 4.63. The molecule has 154 valence electrons. The first kappa shape index (κ1) is 19.4. The lowest BCUT2D eigenvalue weighted by atomic mass is 9.98. The molecule has 0 atom stereocenters. The van der Waals surface area contributed by atoms with Crippen molar-refractivity contribution in [3.63, 3.8) is 0 Å². The van der Waals surface area contributed by atoms with Crippen molar-refractivity contribution in [1.82, 2.24) is 9.97 Å². The molecule has 0 saturated carbocycles. The number of hydrogen-bond donors (Lipinski definition) is 0. The van der Waals surface area contributed by atoms with Crippen LogP contribution < -0.4 is 4.74 Å². The van der Waals surface area contributed by atoms with Crippen LogP contribution in [0, 0.1) is 10.1 Å². The van der Waals surface area contributed by atoms with Gasteiger partial charge < -0.3 is 4.74 Å². The summed E-state index contributed by atoms with van der Waals surface area (Å²) in [6.45, 7) is 0. The number of non-ortho nitro benzene ring substituents is 1. The van der Waals surface area contributed by atoms with E-state index < -0.39 is 4.92 Å². The first-order chi connectivity index (χ1) is 15.7. The van der Waals surface area contributed by atoms with Crippen molar-refractivity contribution in [1.29, 1.82) is 0 Å². The highest BCUT2D eigenvalue weighted by molar-refractivity contribution is 5.94.